The van der Waals surface area contributed by atoms with E-state index in [0.29, 0.717) is 0 Å². The molecule has 1 atom stereocenters. The minimum absolute atomic E-state index is 0.0844. The Morgan fingerprint density at radius 1 is 1.42 bits per heavy atom. The number of benzene rings is 1. The number of para-hydroxylation sites is 1. The average Bonchev–Trinajstić information content (AvgIpc) is 2.75. The molecule has 0 amide bonds. The molecule has 0 aliphatic carbocycles. The van der Waals surface area contributed by atoms with E-state index in [1.54, 1.807) is 0 Å². The Bertz CT molecular complexity index is 548. The zero-order valence-electron chi connectivity index (χ0n) is 11.8. The van der Waals surface area contributed by atoms with Crippen molar-refractivity contribution in [2.45, 2.75) is 39.1 Å². The maximum Gasteiger partial charge on any atom is 0.127 e. The van der Waals surface area contributed by atoms with Gasteiger partial charge in [-0.05, 0) is 38.8 Å². The Morgan fingerprint density at radius 3 is 2.89 bits per heavy atom. The average molecular weight is 281 g/mol. The lowest BCUT2D eigenvalue weighted by Gasteiger charge is -2.10. The van der Waals surface area contributed by atoms with E-state index in [9.17, 15) is 0 Å². The molecule has 1 unspecified atom stereocenters. The first-order valence-electron chi connectivity index (χ1n) is 6.82. The van der Waals surface area contributed by atoms with Gasteiger partial charge in [-0.15, -0.1) is 11.6 Å². The predicted octanol–water partition coefficient (Wildman–Crippen LogP) is 4.07. The second-order valence-corrected chi connectivity index (χ2v) is 5.39. The summed E-state index contributed by atoms with van der Waals surface area (Å²) in [6, 6.07) is 6.27. The molecule has 1 aromatic heterocycles. The zero-order chi connectivity index (χ0) is 13.8. The molecular formula is C15H21ClN2O. The number of hydrogen-bond acceptors (Lipinski definition) is 2. The van der Waals surface area contributed by atoms with E-state index in [0.717, 1.165) is 37.5 Å². The molecule has 2 aromatic rings. The number of rotatable bonds is 6. The summed E-state index contributed by atoms with van der Waals surface area (Å²) in [4.78, 5) is 4.70. The summed E-state index contributed by atoms with van der Waals surface area (Å²) in [5.41, 5.74) is 3.42. The lowest BCUT2D eigenvalue weighted by molar-refractivity contribution is 0.141. The standard InChI is InChI=1S/C15H21ClN2O/c1-4-19-10-6-9-18-13-8-5-7-11(2)14(13)17-15(18)12(3)16/h5,7-8,12H,4,6,9-10H2,1-3H3. The Balaban J connectivity index is 2.33. The minimum Gasteiger partial charge on any atom is -0.382 e. The molecule has 0 aliphatic heterocycles. The number of aromatic nitrogens is 2. The SMILES string of the molecule is CCOCCCn1c(C(C)Cl)nc2c(C)cccc21. The summed E-state index contributed by atoms with van der Waals surface area (Å²) in [5.74, 6) is 0.947. The van der Waals surface area contributed by atoms with Gasteiger partial charge in [0.25, 0.3) is 0 Å². The van der Waals surface area contributed by atoms with E-state index in [2.05, 4.69) is 29.7 Å². The van der Waals surface area contributed by atoms with Crippen molar-refractivity contribution in [1.29, 1.82) is 0 Å². The van der Waals surface area contributed by atoms with Gasteiger partial charge in [0.15, 0.2) is 0 Å². The van der Waals surface area contributed by atoms with Crippen LogP contribution in [0.4, 0.5) is 0 Å². The number of hydrogen-bond donors (Lipinski definition) is 0. The summed E-state index contributed by atoms with van der Waals surface area (Å²) in [7, 11) is 0. The molecule has 2 rings (SSSR count). The van der Waals surface area contributed by atoms with Crippen LogP contribution in [0.25, 0.3) is 11.0 Å². The van der Waals surface area contributed by atoms with Crippen LogP contribution in [-0.4, -0.2) is 22.8 Å². The number of halogens is 1. The Morgan fingerprint density at radius 2 is 2.21 bits per heavy atom. The van der Waals surface area contributed by atoms with Gasteiger partial charge in [-0.2, -0.15) is 0 Å². The van der Waals surface area contributed by atoms with E-state index in [4.69, 9.17) is 21.3 Å². The van der Waals surface area contributed by atoms with Crippen LogP contribution in [0.2, 0.25) is 0 Å². The third-order valence-electron chi connectivity index (χ3n) is 3.24. The quantitative estimate of drug-likeness (QED) is 0.589. The van der Waals surface area contributed by atoms with Gasteiger partial charge in [0.05, 0.1) is 16.4 Å². The first-order chi connectivity index (χ1) is 9.15. The molecule has 3 nitrogen and oxygen atoms in total. The fourth-order valence-electron chi connectivity index (χ4n) is 2.31. The molecule has 4 heteroatoms. The molecule has 104 valence electrons. The van der Waals surface area contributed by atoms with E-state index in [1.165, 1.54) is 11.1 Å². The van der Waals surface area contributed by atoms with Crippen molar-refractivity contribution in [3.63, 3.8) is 0 Å². The van der Waals surface area contributed by atoms with Crippen LogP contribution in [-0.2, 0) is 11.3 Å². The van der Waals surface area contributed by atoms with Crippen molar-refractivity contribution in [3.8, 4) is 0 Å². The molecule has 0 aliphatic rings. The van der Waals surface area contributed by atoms with Gasteiger partial charge in [0, 0.05) is 19.8 Å². The van der Waals surface area contributed by atoms with Crippen molar-refractivity contribution < 1.29 is 4.74 Å². The van der Waals surface area contributed by atoms with E-state index < -0.39 is 0 Å². The highest BCUT2D eigenvalue weighted by atomic mass is 35.5. The lowest BCUT2D eigenvalue weighted by Crippen LogP contribution is -2.07. The summed E-state index contributed by atoms with van der Waals surface area (Å²) < 4.78 is 7.62. The number of alkyl halides is 1. The fourth-order valence-corrected chi connectivity index (χ4v) is 2.48. The van der Waals surface area contributed by atoms with Gasteiger partial charge in [0.2, 0.25) is 0 Å². The van der Waals surface area contributed by atoms with Crippen molar-refractivity contribution in [1.82, 2.24) is 9.55 Å². The topological polar surface area (TPSA) is 27.1 Å². The van der Waals surface area contributed by atoms with E-state index >= 15 is 0 Å². The van der Waals surface area contributed by atoms with Gasteiger partial charge in [0.1, 0.15) is 5.82 Å². The molecule has 1 aromatic carbocycles. The maximum atomic E-state index is 6.26. The number of ether oxygens (including phenoxy) is 1. The Kier molecular flexibility index (Phi) is 4.83. The Hall–Kier alpha value is -1.06. The highest BCUT2D eigenvalue weighted by Gasteiger charge is 2.15. The Labute approximate surface area is 119 Å². The van der Waals surface area contributed by atoms with Crippen LogP contribution >= 0.6 is 11.6 Å². The van der Waals surface area contributed by atoms with Crippen molar-refractivity contribution >= 4 is 22.6 Å². The highest BCUT2D eigenvalue weighted by Crippen LogP contribution is 2.26. The van der Waals surface area contributed by atoms with Crippen LogP contribution in [0.5, 0.6) is 0 Å². The van der Waals surface area contributed by atoms with E-state index in [-0.39, 0.29) is 5.38 Å². The third kappa shape index (κ3) is 3.10. The fraction of sp³-hybridized carbons (Fsp3) is 0.533. The molecule has 0 N–H and O–H groups in total. The second kappa shape index (κ2) is 6.40. The van der Waals surface area contributed by atoms with Crippen molar-refractivity contribution in [2.75, 3.05) is 13.2 Å². The highest BCUT2D eigenvalue weighted by molar-refractivity contribution is 6.20. The second-order valence-electron chi connectivity index (χ2n) is 4.73. The smallest absolute Gasteiger partial charge is 0.127 e. The van der Waals surface area contributed by atoms with Crippen LogP contribution in [0.3, 0.4) is 0 Å². The monoisotopic (exact) mass is 280 g/mol. The normalized spacial score (nSPS) is 13.1. The zero-order valence-corrected chi connectivity index (χ0v) is 12.6. The largest absolute Gasteiger partial charge is 0.382 e. The number of imidazole rings is 1. The molecule has 0 saturated heterocycles. The van der Waals surface area contributed by atoms with Gasteiger partial charge >= 0.3 is 0 Å². The van der Waals surface area contributed by atoms with E-state index in [1.807, 2.05) is 13.8 Å². The first kappa shape index (κ1) is 14.4. The molecular weight excluding hydrogens is 260 g/mol. The van der Waals surface area contributed by atoms with Crippen LogP contribution in [0, 0.1) is 6.92 Å². The summed E-state index contributed by atoms with van der Waals surface area (Å²) in [6.45, 7) is 8.51. The maximum absolute atomic E-state index is 6.26. The van der Waals surface area contributed by atoms with Gasteiger partial charge in [-0.1, -0.05) is 12.1 Å². The lowest BCUT2D eigenvalue weighted by atomic mass is 10.2. The van der Waals surface area contributed by atoms with Gasteiger partial charge in [-0.25, -0.2) is 4.98 Å². The van der Waals surface area contributed by atoms with Crippen molar-refractivity contribution in [3.05, 3.63) is 29.6 Å². The number of nitrogens with zero attached hydrogens (tertiary/aromatic N) is 2. The van der Waals surface area contributed by atoms with Gasteiger partial charge < -0.3 is 9.30 Å². The van der Waals surface area contributed by atoms with Crippen LogP contribution in [0.15, 0.2) is 18.2 Å². The van der Waals surface area contributed by atoms with Crippen LogP contribution < -0.4 is 0 Å². The van der Waals surface area contributed by atoms with Crippen LogP contribution in [0.1, 0.15) is 37.0 Å². The minimum atomic E-state index is -0.0844. The molecule has 19 heavy (non-hydrogen) atoms. The molecule has 0 saturated carbocycles. The van der Waals surface area contributed by atoms with Gasteiger partial charge in [-0.3, -0.25) is 0 Å². The molecule has 0 radical (unpaired) electrons. The first-order valence-corrected chi connectivity index (χ1v) is 7.26. The third-order valence-corrected chi connectivity index (χ3v) is 3.44. The number of fused-ring (bicyclic) bond motifs is 1. The molecule has 1 heterocycles. The molecule has 0 fully saturated rings. The number of aryl methyl sites for hydroxylation is 2. The molecule has 0 bridgehead atoms. The summed E-state index contributed by atoms with van der Waals surface area (Å²) in [6.07, 6.45) is 0.976. The van der Waals surface area contributed by atoms with Crippen molar-refractivity contribution in [2.24, 2.45) is 0 Å². The predicted molar refractivity (Wildman–Crippen MR) is 79.8 cm³/mol. The summed E-state index contributed by atoms with van der Waals surface area (Å²) >= 11 is 6.26. The molecule has 0 spiro atoms. The summed E-state index contributed by atoms with van der Waals surface area (Å²) in [5, 5.41) is -0.0844.